The molecule has 4 nitrogen and oxygen atoms in total. The highest BCUT2D eigenvalue weighted by Gasteiger charge is 2.23. The standard InChI is InChI=1S/C22H22FN3O/c1-15-11-17(7-9-19(15)23)18-8-10-21-25-20(14-26(21)13-18)22(27)24-12-16-5-3-2-4-6-16/h2-7,9,11,14,18H,8,10,12-13H2,1H3,(H,24,27). The maximum atomic E-state index is 13.5. The van der Waals surface area contributed by atoms with Crippen LogP contribution in [-0.4, -0.2) is 15.5 Å². The van der Waals surface area contributed by atoms with Gasteiger partial charge in [-0.2, -0.15) is 0 Å². The molecule has 138 valence electrons. The van der Waals surface area contributed by atoms with Crippen LogP contribution in [-0.2, 0) is 19.5 Å². The van der Waals surface area contributed by atoms with Gasteiger partial charge in [0.25, 0.3) is 5.91 Å². The number of nitrogens with zero attached hydrogens (tertiary/aromatic N) is 2. The molecular weight excluding hydrogens is 341 g/mol. The summed E-state index contributed by atoms with van der Waals surface area (Å²) < 4.78 is 15.6. The van der Waals surface area contributed by atoms with Crippen LogP contribution in [0.4, 0.5) is 4.39 Å². The number of halogens is 1. The van der Waals surface area contributed by atoms with Gasteiger partial charge in [0.15, 0.2) is 0 Å². The molecule has 1 N–H and O–H groups in total. The molecule has 0 saturated carbocycles. The summed E-state index contributed by atoms with van der Waals surface area (Å²) in [6.07, 6.45) is 3.60. The molecule has 4 rings (SSSR count). The van der Waals surface area contributed by atoms with Gasteiger partial charge in [0.2, 0.25) is 0 Å². The van der Waals surface area contributed by atoms with Gasteiger partial charge in [0.05, 0.1) is 0 Å². The third-order valence-corrected chi connectivity index (χ3v) is 5.17. The SMILES string of the molecule is Cc1cc(C2CCc3nc(C(=O)NCc4ccccc4)cn3C2)ccc1F. The van der Waals surface area contributed by atoms with Crippen molar-refractivity contribution in [2.75, 3.05) is 0 Å². The van der Waals surface area contributed by atoms with E-state index in [0.29, 0.717) is 23.7 Å². The van der Waals surface area contributed by atoms with Crippen LogP contribution in [0.25, 0.3) is 0 Å². The monoisotopic (exact) mass is 363 g/mol. The lowest BCUT2D eigenvalue weighted by molar-refractivity contribution is 0.0946. The van der Waals surface area contributed by atoms with Gasteiger partial charge in [-0.25, -0.2) is 9.37 Å². The summed E-state index contributed by atoms with van der Waals surface area (Å²) >= 11 is 0. The fraction of sp³-hybridized carbons (Fsp3) is 0.273. The first-order valence-electron chi connectivity index (χ1n) is 9.24. The smallest absolute Gasteiger partial charge is 0.271 e. The van der Waals surface area contributed by atoms with Crippen molar-refractivity contribution >= 4 is 5.91 Å². The average Bonchev–Trinajstić information content (AvgIpc) is 3.12. The Bertz CT molecular complexity index is 965. The van der Waals surface area contributed by atoms with Crippen molar-refractivity contribution in [1.29, 1.82) is 0 Å². The van der Waals surface area contributed by atoms with E-state index in [0.717, 1.165) is 36.3 Å². The highest BCUT2D eigenvalue weighted by Crippen LogP contribution is 2.29. The number of hydrogen-bond donors (Lipinski definition) is 1. The minimum Gasteiger partial charge on any atom is -0.347 e. The molecule has 2 aromatic carbocycles. The first-order chi connectivity index (χ1) is 13.1. The molecule has 1 aliphatic rings. The van der Waals surface area contributed by atoms with Crippen LogP contribution in [0.2, 0.25) is 0 Å². The van der Waals surface area contributed by atoms with Crippen LogP contribution in [0.3, 0.4) is 0 Å². The van der Waals surface area contributed by atoms with Crippen molar-refractivity contribution in [3.63, 3.8) is 0 Å². The van der Waals surface area contributed by atoms with E-state index >= 15 is 0 Å². The summed E-state index contributed by atoms with van der Waals surface area (Å²) in [7, 11) is 0. The van der Waals surface area contributed by atoms with Gasteiger partial charge in [-0.3, -0.25) is 4.79 Å². The first-order valence-corrected chi connectivity index (χ1v) is 9.24. The second-order valence-corrected chi connectivity index (χ2v) is 7.11. The molecule has 0 bridgehead atoms. The lowest BCUT2D eigenvalue weighted by Gasteiger charge is -2.24. The van der Waals surface area contributed by atoms with Crippen molar-refractivity contribution in [2.45, 2.75) is 38.8 Å². The van der Waals surface area contributed by atoms with Crippen LogP contribution in [0.1, 0.15) is 45.3 Å². The fourth-order valence-electron chi connectivity index (χ4n) is 3.62. The van der Waals surface area contributed by atoms with E-state index in [1.54, 1.807) is 6.92 Å². The molecule has 2 heterocycles. The Morgan fingerprint density at radius 2 is 2.07 bits per heavy atom. The van der Waals surface area contributed by atoms with Gasteiger partial charge >= 0.3 is 0 Å². The molecule has 5 heteroatoms. The van der Waals surface area contributed by atoms with Crippen molar-refractivity contribution in [2.24, 2.45) is 0 Å². The predicted molar refractivity (Wildman–Crippen MR) is 102 cm³/mol. The Balaban J connectivity index is 1.45. The van der Waals surface area contributed by atoms with Gasteiger partial charge in [0.1, 0.15) is 17.3 Å². The highest BCUT2D eigenvalue weighted by molar-refractivity contribution is 5.92. The molecule has 1 unspecified atom stereocenters. The molecule has 0 aliphatic carbocycles. The third kappa shape index (κ3) is 3.77. The summed E-state index contributed by atoms with van der Waals surface area (Å²) in [6, 6.07) is 15.1. The third-order valence-electron chi connectivity index (χ3n) is 5.17. The molecule has 1 amide bonds. The zero-order valence-corrected chi connectivity index (χ0v) is 15.3. The number of fused-ring (bicyclic) bond motifs is 1. The molecule has 0 spiro atoms. The Kier molecular flexibility index (Phi) is 4.75. The summed E-state index contributed by atoms with van der Waals surface area (Å²) in [5.74, 6) is 0.923. The minimum absolute atomic E-state index is 0.157. The number of aryl methyl sites for hydroxylation is 2. The van der Waals surface area contributed by atoms with Gasteiger partial charge in [-0.05, 0) is 36.1 Å². The number of hydrogen-bond acceptors (Lipinski definition) is 2. The summed E-state index contributed by atoms with van der Waals surface area (Å²) in [6.45, 7) is 3.04. The van der Waals surface area contributed by atoms with Crippen molar-refractivity contribution in [1.82, 2.24) is 14.9 Å². The number of aromatic nitrogens is 2. The van der Waals surface area contributed by atoms with Gasteiger partial charge in [-0.1, -0.05) is 42.5 Å². The molecule has 1 aliphatic heterocycles. The maximum Gasteiger partial charge on any atom is 0.271 e. The molecule has 0 fully saturated rings. The lowest BCUT2D eigenvalue weighted by atomic mass is 9.90. The number of carbonyl (C=O) groups is 1. The molecule has 1 aromatic heterocycles. The minimum atomic E-state index is -0.171. The number of nitrogens with one attached hydrogen (secondary N) is 1. The van der Waals surface area contributed by atoms with E-state index in [-0.39, 0.29) is 11.7 Å². The van der Waals surface area contributed by atoms with Crippen LogP contribution in [0, 0.1) is 12.7 Å². The maximum absolute atomic E-state index is 13.5. The molecular formula is C22H22FN3O. The van der Waals surface area contributed by atoms with Crippen LogP contribution < -0.4 is 5.32 Å². The van der Waals surface area contributed by atoms with Crippen LogP contribution in [0.15, 0.2) is 54.7 Å². The molecule has 27 heavy (non-hydrogen) atoms. The Labute approximate surface area is 158 Å². The Morgan fingerprint density at radius 1 is 1.26 bits per heavy atom. The molecule has 0 saturated heterocycles. The van der Waals surface area contributed by atoms with Crippen LogP contribution >= 0.6 is 0 Å². The van der Waals surface area contributed by atoms with Gasteiger partial charge in [-0.15, -0.1) is 0 Å². The largest absolute Gasteiger partial charge is 0.347 e. The highest BCUT2D eigenvalue weighted by atomic mass is 19.1. The topological polar surface area (TPSA) is 46.9 Å². The quantitative estimate of drug-likeness (QED) is 0.762. The van der Waals surface area contributed by atoms with E-state index in [2.05, 4.69) is 14.9 Å². The second kappa shape index (κ2) is 7.35. The zero-order chi connectivity index (χ0) is 18.8. The van der Waals surface area contributed by atoms with Crippen molar-refractivity contribution in [3.8, 4) is 0 Å². The summed E-state index contributed by atoms with van der Waals surface area (Å²) in [4.78, 5) is 17.0. The summed E-state index contributed by atoms with van der Waals surface area (Å²) in [5, 5.41) is 2.92. The summed E-state index contributed by atoms with van der Waals surface area (Å²) in [5.41, 5.74) is 3.33. The Morgan fingerprint density at radius 3 is 2.85 bits per heavy atom. The average molecular weight is 363 g/mol. The predicted octanol–water partition coefficient (Wildman–Crippen LogP) is 3.99. The molecule has 0 radical (unpaired) electrons. The zero-order valence-electron chi connectivity index (χ0n) is 15.3. The van der Waals surface area contributed by atoms with E-state index in [4.69, 9.17) is 0 Å². The van der Waals surface area contributed by atoms with Gasteiger partial charge < -0.3 is 9.88 Å². The number of imidazole rings is 1. The van der Waals surface area contributed by atoms with E-state index < -0.39 is 0 Å². The van der Waals surface area contributed by atoms with Crippen molar-refractivity contribution < 1.29 is 9.18 Å². The van der Waals surface area contributed by atoms with E-state index in [1.165, 1.54) is 6.07 Å². The second-order valence-electron chi connectivity index (χ2n) is 7.11. The fourth-order valence-corrected chi connectivity index (χ4v) is 3.62. The number of carbonyl (C=O) groups excluding carboxylic acids is 1. The van der Waals surface area contributed by atoms with Gasteiger partial charge in [0, 0.05) is 31.6 Å². The number of benzene rings is 2. The Hall–Kier alpha value is -2.95. The van der Waals surface area contributed by atoms with E-state index in [1.807, 2.05) is 48.7 Å². The van der Waals surface area contributed by atoms with E-state index in [9.17, 15) is 9.18 Å². The number of amides is 1. The molecule has 3 aromatic rings. The normalized spacial score (nSPS) is 16.0. The first kappa shape index (κ1) is 17.5. The molecule has 1 atom stereocenters. The van der Waals surface area contributed by atoms with Crippen LogP contribution in [0.5, 0.6) is 0 Å². The van der Waals surface area contributed by atoms with Crippen molar-refractivity contribution in [3.05, 3.63) is 88.8 Å². The number of rotatable bonds is 4. The lowest BCUT2D eigenvalue weighted by Crippen LogP contribution is -2.23.